The summed E-state index contributed by atoms with van der Waals surface area (Å²) >= 11 is 0. The molecule has 0 atom stereocenters. The molecule has 0 spiro atoms. The first-order valence-electron chi connectivity index (χ1n) is 13.7. The molecule has 3 heterocycles. The quantitative estimate of drug-likeness (QED) is 0.135. The van der Waals surface area contributed by atoms with Crippen molar-refractivity contribution in [3.63, 3.8) is 0 Å². The monoisotopic (exact) mass is 562 g/mol. The van der Waals surface area contributed by atoms with E-state index in [4.69, 9.17) is 9.47 Å². The zero-order valence-electron chi connectivity index (χ0n) is 23.6. The van der Waals surface area contributed by atoms with Gasteiger partial charge in [0.05, 0.1) is 58.8 Å². The molecule has 42 heavy (non-hydrogen) atoms. The van der Waals surface area contributed by atoms with Crippen LogP contribution in [0.3, 0.4) is 0 Å². The minimum Gasteiger partial charge on any atom is -0.494 e. The molecular weight excluding hydrogens is 532 g/mol. The van der Waals surface area contributed by atoms with Gasteiger partial charge in [0.15, 0.2) is 0 Å². The number of methoxy groups -OCH3 is 1. The average Bonchev–Trinajstić information content (AvgIpc) is 3.46. The first-order chi connectivity index (χ1) is 20.3. The number of nitrogens with one attached hydrogen (secondary N) is 1. The third kappa shape index (κ3) is 5.52. The summed E-state index contributed by atoms with van der Waals surface area (Å²) in [6, 6.07) is 18.6. The zero-order chi connectivity index (χ0) is 29.8. The Balaban J connectivity index is 1.39. The molecular formula is C33H30N4O5. The number of allylic oxidation sites excluding steroid dienone is 1. The molecule has 5 rings (SSSR count). The Morgan fingerprint density at radius 1 is 1.00 bits per heavy atom. The van der Waals surface area contributed by atoms with Gasteiger partial charge in [-0.25, -0.2) is 4.79 Å². The van der Waals surface area contributed by atoms with Gasteiger partial charge in [-0.15, -0.1) is 0 Å². The molecule has 0 bridgehead atoms. The van der Waals surface area contributed by atoms with E-state index in [9.17, 15) is 19.6 Å². The molecule has 1 aliphatic rings. The van der Waals surface area contributed by atoms with Crippen LogP contribution in [0.4, 0.5) is 0 Å². The number of benzene rings is 2. The number of hydrogen-bond donors (Lipinski definition) is 1. The Kier molecular flexibility index (Phi) is 8.16. The van der Waals surface area contributed by atoms with Crippen LogP contribution < -0.4 is 4.74 Å². The van der Waals surface area contributed by atoms with Gasteiger partial charge < -0.3 is 19.4 Å². The molecule has 1 amide bonds. The standard InChI is InChI=1S/C33H30N4O5/c1-20(2)42-33(40)24-11-9-23(10-12-24)29-30-28(27(41-3)19-36-29)26(18-35-30)31(38)32(39)37-15-13-22(14-16-37)25(17-34)21-7-5-4-6-8-21/h4-12,18-20,35H,13-16H2,1-3H3. The number of likely N-dealkylation sites (tertiary alicyclic amines) is 1. The largest absolute Gasteiger partial charge is 0.494 e. The average molecular weight is 563 g/mol. The van der Waals surface area contributed by atoms with Gasteiger partial charge in [0, 0.05) is 24.8 Å². The van der Waals surface area contributed by atoms with E-state index in [1.807, 2.05) is 30.3 Å². The van der Waals surface area contributed by atoms with Crippen LogP contribution in [0.2, 0.25) is 0 Å². The van der Waals surface area contributed by atoms with E-state index >= 15 is 0 Å². The van der Waals surface area contributed by atoms with Gasteiger partial charge in [-0.3, -0.25) is 14.6 Å². The fourth-order valence-corrected chi connectivity index (χ4v) is 5.16. The molecule has 9 heteroatoms. The second kappa shape index (κ2) is 12.1. The van der Waals surface area contributed by atoms with Gasteiger partial charge in [0.1, 0.15) is 5.75 Å². The third-order valence-electron chi connectivity index (χ3n) is 7.25. The van der Waals surface area contributed by atoms with Crippen molar-refractivity contribution in [2.45, 2.75) is 32.8 Å². The Morgan fingerprint density at radius 3 is 2.31 bits per heavy atom. The minimum atomic E-state index is -0.653. The molecule has 0 aliphatic carbocycles. The van der Waals surface area contributed by atoms with Crippen molar-refractivity contribution in [3.8, 4) is 23.1 Å². The van der Waals surface area contributed by atoms with Gasteiger partial charge >= 0.3 is 5.97 Å². The van der Waals surface area contributed by atoms with Crippen LogP contribution in [0, 0.1) is 11.3 Å². The third-order valence-corrected chi connectivity index (χ3v) is 7.25. The first-order valence-corrected chi connectivity index (χ1v) is 13.7. The second-order valence-corrected chi connectivity index (χ2v) is 10.2. The Labute approximate surface area is 243 Å². The summed E-state index contributed by atoms with van der Waals surface area (Å²) in [5, 5.41) is 10.2. The summed E-state index contributed by atoms with van der Waals surface area (Å²) in [5.74, 6) is -1.32. The summed E-state index contributed by atoms with van der Waals surface area (Å²) in [6.07, 6.45) is 3.82. The topological polar surface area (TPSA) is 125 Å². The summed E-state index contributed by atoms with van der Waals surface area (Å²) < 4.78 is 10.8. The number of Topliss-reactive ketones (excluding diaryl/α,β-unsaturated/α-hetero) is 1. The molecule has 9 nitrogen and oxygen atoms in total. The highest BCUT2D eigenvalue weighted by atomic mass is 16.5. The maximum atomic E-state index is 13.5. The van der Waals surface area contributed by atoms with E-state index < -0.39 is 17.7 Å². The second-order valence-electron chi connectivity index (χ2n) is 10.2. The fraction of sp³-hybridized carbons (Fsp3) is 0.242. The van der Waals surface area contributed by atoms with Gasteiger partial charge in [0.25, 0.3) is 11.7 Å². The molecule has 1 fully saturated rings. The van der Waals surface area contributed by atoms with Crippen molar-refractivity contribution in [2.24, 2.45) is 0 Å². The summed E-state index contributed by atoms with van der Waals surface area (Å²) in [6.45, 7) is 4.26. The van der Waals surface area contributed by atoms with Crippen LogP contribution in [-0.2, 0) is 9.53 Å². The van der Waals surface area contributed by atoms with Crippen molar-refractivity contribution in [1.29, 1.82) is 5.26 Å². The number of ketones is 1. The predicted octanol–water partition coefficient (Wildman–Crippen LogP) is 5.59. The normalized spacial score (nSPS) is 13.1. The number of nitrogens with zero attached hydrogens (tertiary/aromatic N) is 3. The van der Waals surface area contributed by atoms with Gasteiger partial charge in [-0.2, -0.15) is 5.26 Å². The van der Waals surface area contributed by atoms with Crippen molar-refractivity contribution in [2.75, 3.05) is 20.2 Å². The molecule has 2 aromatic heterocycles. The lowest BCUT2D eigenvalue weighted by molar-refractivity contribution is -0.126. The summed E-state index contributed by atoms with van der Waals surface area (Å²) in [5.41, 5.74) is 4.84. The Morgan fingerprint density at radius 2 is 1.69 bits per heavy atom. The molecule has 1 aliphatic heterocycles. The van der Waals surface area contributed by atoms with Crippen LogP contribution in [0.1, 0.15) is 53.0 Å². The maximum absolute atomic E-state index is 13.5. The number of hydrogen-bond acceptors (Lipinski definition) is 7. The predicted molar refractivity (Wildman–Crippen MR) is 158 cm³/mol. The summed E-state index contributed by atoms with van der Waals surface area (Å²) in [7, 11) is 1.48. The van der Waals surface area contributed by atoms with Crippen LogP contribution in [0.15, 0.2) is 72.6 Å². The number of ether oxygens (including phenoxy) is 2. The van der Waals surface area contributed by atoms with Gasteiger partial charge in [-0.05, 0) is 50.0 Å². The number of aromatic amines is 1. The van der Waals surface area contributed by atoms with Crippen molar-refractivity contribution >= 4 is 34.1 Å². The van der Waals surface area contributed by atoms with Crippen LogP contribution >= 0.6 is 0 Å². The number of pyridine rings is 1. The number of piperidine rings is 1. The lowest BCUT2D eigenvalue weighted by atomic mass is 9.93. The zero-order valence-corrected chi connectivity index (χ0v) is 23.6. The van der Waals surface area contributed by atoms with E-state index in [1.54, 1.807) is 38.1 Å². The van der Waals surface area contributed by atoms with E-state index in [1.165, 1.54) is 24.4 Å². The number of carbonyl (C=O) groups is 3. The molecule has 0 radical (unpaired) electrons. The lowest BCUT2D eigenvalue weighted by Gasteiger charge is -2.28. The van der Waals surface area contributed by atoms with Crippen molar-refractivity contribution in [1.82, 2.24) is 14.9 Å². The number of aromatic nitrogens is 2. The number of H-pyrrole nitrogens is 1. The van der Waals surface area contributed by atoms with E-state index in [0.717, 1.165) is 11.1 Å². The maximum Gasteiger partial charge on any atom is 0.338 e. The SMILES string of the molecule is COc1cnc(-c2ccc(C(=O)OC(C)C)cc2)c2[nH]cc(C(=O)C(=O)N3CCC(=C(C#N)c4ccccc4)CC3)c12. The van der Waals surface area contributed by atoms with Crippen LogP contribution in [-0.4, -0.2) is 58.8 Å². The number of fused-ring (bicyclic) bond motifs is 1. The van der Waals surface area contributed by atoms with Gasteiger partial charge in [-0.1, -0.05) is 42.5 Å². The minimum absolute atomic E-state index is 0.191. The highest BCUT2D eigenvalue weighted by molar-refractivity contribution is 6.45. The highest BCUT2D eigenvalue weighted by Crippen LogP contribution is 2.35. The van der Waals surface area contributed by atoms with Crippen molar-refractivity contribution in [3.05, 3.63) is 89.3 Å². The van der Waals surface area contributed by atoms with E-state index in [2.05, 4.69) is 16.0 Å². The van der Waals surface area contributed by atoms with Crippen LogP contribution in [0.5, 0.6) is 5.75 Å². The molecule has 1 N–H and O–H groups in total. The molecule has 0 unspecified atom stereocenters. The number of rotatable bonds is 7. The lowest BCUT2D eigenvalue weighted by Crippen LogP contribution is -2.40. The smallest absolute Gasteiger partial charge is 0.338 e. The fourth-order valence-electron chi connectivity index (χ4n) is 5.16. The number of nitriles is 1. The van der Waals surface area contributed by atoms with Crippen molar-refractivity contribution < 1.29 is 23.9 Å². The van der Waals surface area contributed by atoms with E-state index in [-0.39, 0.29) is 11.7 Å². The molecule has 4 aromatic rings. The highest BCUT2D eigenvalue weighted by Gasteiger charge is 2.30. The first kappa shape index (κ1) is 28.3. The van der Waals surface area contributed by atoms with Gasteiger partial charge in [0.2, 0.25) is 0 Å². The Bertz CT molecular complexity index is 1720. The van der Waals surface area contributed by atoms with Crippen LogP contribution in [0.25, 0.3) is 27.7 Å². The van der Waals surface area contributed by atoms with E-state index in [0.29, 0.717) is 65.0 Å². The summed E-state index contributed by atoms with van der Waals surface area (Å²) in [4.78, 5) is 48.3. The molecule has 0 saturated carbocycles. The number of carbonyl (C=O) groups excluding carboxylic acids is 3. The molecule has 2 aromatic carbocycles. The number of amides is 1. The Hall–Kier alpha value is -5.23. The molecule has 1 saturated heterocycles. The molecule has 212 valence electrons. The number of esters is 1.